The van der Waals surface area contributed by atoms with Crippen LogP contribution in [0.1, 0.15) is 16.7 Å². The van der Waals surface area contributed by atoms with Crippen LogP contribution in [0.25, 0.3) is 12.2 Å². The first kappa shape index (κ1) is 45.2. The molecule has 0 atom stereocenters. The molecule has 0 spiro atoms. The van der Waals surface area contributed by atoms with Gasteiger partial charge in [-0.05, 0) is 78.2 Å². The molecule has 0 amide bonds. The molecule has 3 N–H and O–H groups in total. The second kappa shape index (κ2) is 20.5. The molecule has 5 rings (SSSR count). The molecule has 0 fully saturated rings. The Kier molecular flexibility index (Phi) is 18.2. The molecule has 0 saturated carbocycles. The van der Waals surface area contributed by atoms with Crippen molar-refractivity contribution in [2.45, 2.75) is 21.6 Å². The SMILES string of the molecule is Cc1ccc(/C=C/c2ccc(Nc3nc(Nc4ccccc4)nc(Nc4ccc(SOO[O-])cc4)n3)cc2S(=O)(=O)[O-])c(S(=O)(=O)[O-])c1.[Na+].[Na+].[Na+]. The van der Waals surface area contributed by atoms with Crippen LogP contribution in [0.5, 0.6) is 0 Å². The molecular formula is C30H23N6Na3O9S3. The van der Waals surface area contributed by atoms with E-state index in [-0.39, 0.29) is 123 Å². The van der Waals surface area contributed by atoms with Gasteiger partial charge in [-0.25, -0.2) is 16.8 Å². The maximum atomic E-state index is 12.3. The van der Waals surface area contributed by atoms with Gasteiger partial charge in [0.05, 0.1) is 21.8 Å². The summed E-state index contributed by atoms with van der Waals surface area (Å²) in [5, 5.41) is 22.4. The molecule has 0 aliphatic heterocycles. The maximum absolute atomic E-state index is 12.3. The van der Waals surface area contributed by atoms with Crippen LogP contribution in [0.4, 0.5) is 34.9 Å². The topological polar surface area (TPSA) is 231 Å². The van der Waals surface area contributed by atoms with E-state index in [1.54, 1.807) is 49.4 Å². The summed E-state index contributed by atoms with van der Waals surface area (Å²) < 4.78 is 76.5. The molecule has 21 heteroatoms. The van der Waals surface area contributed by atoms with Gasteiger partial charge in [0.25, 0.3) is 0 Å². The fourth-order valence-corrected chi connectivity index (χ4v) is 6.05. The summed E-state index contributed by atoms with van der Waals surface area (Å²) in [6.45, 7) is 1.62. The zero-order chi connectivity index (χ0) is 34.3. The predicted octanol–water partition coefficient (Wildman–Crippen LogP) is -4.37. The Morgan fingerprint density at radius 2 is 1.08 bits per heavy atom. The van der Waals surface area contributed by atoms with E-state index >= 15 is 0 Å². The maximum Gasteiger partial charge on any atom is 1.00 e. The first-order valence-corrected chi connectivity index (χ1v) is 17.1. The fourth-order valence-electron chi connectivity index (χ4n) is 4.24. The smallest absolute Gasteiger partial charge is 0.744 e. The first-order valence-electron chi connectivity index (χ1n) is 13.6. The van der Waals surface area contributed by atoms with E-state index < -0.39 is 30.0 Å². The average Bonchev–Trinajstić information content (AvgIpc) is 3.04. The number of rotatable bonds is 13. The van der Waals surface area contributed by atoms with Crippen LogP contribution in [0.15, 0.2) is 106 Å². The Balaban J connectivity index is 0.00000300. The summed E-state index contributed by atoms with van der Waals surface area (Å²) in [7, 11) is -9.87. The quantitative estimate of drug-likeness (QED) is 0.0256. The van der Waals surface area contributed by atoms with Gasteiger partial charge in [-0.2, -0.15) is 19.3 Å². The number of aromatic nitrogens is 3. The van der Waals surface area contributed by atoms with Crippen molar-refractivity contribution >= 4 is 79.3 Å². The van der Waals surface area contributed by atoms with Gasteiger partial charge >= 0.3 is 88.7 Å². The van der Waals surface area contributed by atoms with Crippen molar-refractivity contribution in [1.82, 2.24) is 15.0 Å². The third kappa shape index (κ3) is 13.5. The Morgan fingerprint density at radius 3 is 1.59 bits per heavy atom. The van der Waals surface area contributed by atoms with Crippen LogP contribution in [0.3, 0.4) is 0 Å². The Labute approximate surface area is 364 Å². The number of benzene rings is 4. The van der Waals surface area contributed by atoms with Gasteiger partial charge in [-0.3, -0.25) is 5.04 Å². The number of nitrogens with one attached hydrogen (secondary N) is 3. The van der Waals surface area contributed by atoms with E-state index in [9.17, 15) is 31.2 Å². The van der Waals surface area contributed by atoms with E-state index in [2.05, 4.69) is 40.3 Å². The molecule has 0 bridgehead atoms. The average molecular weight is 777 g/mol. The van der Waals surface area contributed by atoms with Crippen molar-refractivity contribution in [1.29, 1.82) is 0 Å². The molecule has 0 aliphatic carbocycles. The van der Waals surface area contributed by atoms with Crippen molar-refractivity contribution in [3.05, 3.63) is 108 Å². The molecule has 0 radical (unpaired) electrons. The van der Waals surface area contributed by atoms with E-state index in [0.29, 0.717) is 21.8 Å². The summed E-state index contributed by atoms with van der Waals surface area (Å²) in [5.74, 6) is 0.179. The zero-order valence-electron chi connectivity index (χ0n) is 27.6. The molecule has 248 valence electrons. The molecule has 0 saturated heterocycles. The number of nitrogens with zero attached hydrogens (tertiary/aromatic N) is 3. The third-order valence-electron chi connectivity index (χ3n) is 6.35. The van der Waals surface area contributed by atoms with Gasteiger partial charge < -0.3 is 30.3 Å². The normalized spacial score (nSPS) is 11.1. The molecule has 1 aromatic heterocycles. The summed E-state index contributed by atoms with van der Waals surface area (Å²) in [4.78, 5) is 12.6. The van der Waals surface area contributed by atoms with Gasteiger partial charge in [0.1, 0.15) is 20.2 Å². The van der Waals surface area contributed by atoms with Crippen LogP contribution in [-0.4, -0.2) is 40.9 Å². The number of hydrogen-bond donors (Lipinski definition) is 3. The Morgan fingerprint density at radius 1 is 0.627 bits per heavy atom. The van der Waals surface area contributed by atoms with E-state index in [0.717, 1.165) is 18.1 Å². The van der Waals surface area contributed by atoms with Crippen molar-refractivity contribution in [3.63, 3.8) is 0 Å². The van der Waals surface area contributed by atoms with Gasteiger partial charge in [-0.1, -0.05) is 48.6 Å². The largest absolute Gasteiger partial charge is 1.00 e. The zero-order valence-corrected chi connectivity index (χ0v) is 36.0. The minimum atomic E-state index is -5.04. The standard InChI is InChI=1S/C30H26N6O9S3.3Na/c1-19-7-8-20(26(17-19)47(38,39)40)9-10-21-11-12-24(18-27(21)48(41,42)43)33-30-35-28(31-22-5-3-2-4-6-22)34-29(36-30)32-23-13-15-25(16-14-23)46-45-44-37;;;/h2-18,37H,1H3,(H,38,39,40)(H,41,42,43)(H3,31,32,33,34,35,36);;;/q;3*+1/p-3/b10-9+;;;. The van der Waals surface area contributed by atoms with Crippen LogP contribution in [-0.2, 0) is 29.6 Å². The molecule has 15 nitrogen and oxygen atoms in total. The monoisotopic (exact) mass is 776 g/mol. The van der Waals surface area contributed by atoms with Gasteiger partial charge in [0.2, 0.25) is 17.8 Å². The van der Waals surface area contributed by atoms with Crippen LogP contribution >= 0.6 is 12.0 Å². The number of para-hydroxylation sites is 1. The minimum absolute atomic E-state index is 0. The first-order chi connectivity index (χ1) is 22.9. The predicted molar refractivity (Wildman–Crippen MR) is 173 cm³/mol. The third-order valence-corrected chi connectivity index (χ3v) is 8.73. The minimum Gasteiger partial charge on any atom is -0.744 e. The summed E-state index contributed by atoms with van der Waals surface area (Å²) >= 11 is 0.721. The van der Waals surface area contributed by atoms with Crippen LogP contribution < -0.4 is 110 Å². The molecule has 0 aliphatic rings. The van der Waals surface area contributed by atoms with Crippen LogP contribution in [0, 0.1) is 6.92 Å². The summed E-state index contributed by atoms with van der Waals surface area (Å²) in [5.41, 5.74) is 1.86. The second-order valence-corrected chi connectivity index (χ2v) is 13.3. The van der Waals surface area contributed by atoms with Gasteiger partial charge in [0, 0.05) is 22.0 Å². The fraction of sp³-hybridized carbons (Fsp3) is 0.0333. The van der Waals surface area contributed by atoms with Gasteiger partial charge in [-0.15, -0.1) is 0 Å². The molecular weight excluding hydrogens is 754 g/mol. The van der Waals surface area contributed by atoms with Crippen molar-refractivity contribution < 1.29 is 129 Å². The van der Waals surface area contributed by atoms with Crippen LogP contribution in [0.2, 0.25) is 0 Å². The number of anilines is 6. The molecule has 51 heavy (non-hydrogen) atoms. The molecule has 5 aromatic rings. The number of hydrogen-bond acceptors (Lipinski definition) is 16. The second-order valence-electron chi connectivity index (χ2n) is 9.83. The van der Waals surface area contributed by atoms with E-state index in [1.807, 2.05) is 18.2 Å². The molecule has 4 aromatic carbocycles. The summed E-state index contributed by atoms with van der Waals surface area (Å²) in [6, 6.07) is 23.7. The van der Waals surface area contributed by atoms with Crippen molar-refractivity contribution in [3.8, 4) is 0 Å². The Bertz CT molecular complexity index is 2190. The van der Waals surface area contributed by atoms with Crippen molar-refractivity contribution in [2.75, 3.05) is 16.0 Å². The molecule has 1 heterocycles. The van der Waals surface area contributed by atoms with E-state index in [4.69, 9.17) is 0 Å². The number of aryl methyl sites for hydroxylation is 1. The summed E-state index contributed by atoms with van der Waals surface area (Å²) in [6.07, 6.45) is 2.47. The van der Waals surface area contributed by atoms with E-state index in [1.165, 1.54) is 36.4 Å². The molecule has 0 unspecified atom stereocenters. The van der Waals surface area contributed by atoms with Gasteiger partial charge in [0.15, 0.2) is 0 Å². The Hall–Kier alpha value is -1.92. The van der Waals surface area contributed by atoms with Crippen molar-refractivity contribution in [2.24, 2.45) is 0 Å².